The minimum Gasteiger partial charge on any atom is -0.508 e. The Hall–Kier alpha value is -1.48. The highest BCUT2D eigenvalue weighted by Gasteiger charge is 2.34. The maximum Gasteiger partial charge on any atom is 0.124 e. The molecule has 1 aromatic carbocycles. The molecule has 110 valence electrons. The molecule has 0 aromatic heterocycles. The first-order chi connectivity index (χ1) is 9.18. The Morgan fingerprint density at radius 2 is 2.00 bits per heavy atom. The van der Waals surface area contributed by atoms with E-state index in [9.17, 15) is 10.2 Å². The van der Waals surface area contributed by atoms with Crippen molar-refractivity contribution in [3.63, 3.8) is 0 Å². The molecule has 0 heterocycles. The summed E-state index contributed by atoms with van der Waals surface area (Å²) in [5.41, 5.74) is -0.112. The van der Waals surface area contributed by atoms with Crippen LogP contribution >= 0.6 is 0 Å². The summed E-state index contributed by atoms with van der Waals surface area (Å²) in [5, 5.41) is 19.6. The molecule has 0 saturated carbocycles. The molecule has 1 aliphatic rings. The van der Waals surface area contributed by atoms with Gasteiger partial charge in [0.05, 0.1) is 5.60 Å². The molecule has 0 bridgehead atoms. The van der Waals surface area contributed by atoms with Crippen molar-refractivity contribution in [1.82, 2.24) is 0 Å². The monoisotopic (exact) mass is 276 g/mol. The smallest absolute Gasteiger partial charge is 0.124 e. The van der Waals surface area contributed by atoms with E-state index in [1.165, 1.54) is 0 Å². The first-order valence-corrected chi connectivity index (χ1v) is 7.09. The average molecular weight is 276 g/mol. The third-order valence-electron chi connectivity index (χ3n) is 3.96. The van der Waals surface area contributed by atoms with E-state index in [-0.39, 0.29) is 17.3 Å². The largest absolute Gasteiger partial charge is 0.508 e. The van der Waals surface area contributed by atoms with Gasteiger partial charge in [-0.25, -0.2) is 0 Å². The van der Waals surface area contributed by atoms with Gasteiger partial charge in [-0.1, -0.05) is 12.2 Å². The summed E-state index contributed by atoms with van der Waals surface area (Å²) in [4.78, 5) is 0. The average Bonchev–Trinajstić information content (AvgIpc) is 2.25. The Morgan fingerprint density at radius 1 is 1.30 bits per heavy atom. The number of hydrogen-bond acceptors (Lipinski definition) is 3. The SMILES string of the molecule is Cc1cc(O)cc(OC(C)(C)C2C=C[C@](C)(O)CC2)c1. The van der Waals surface area contributed by atoms with Crippen molar-refractivity contribution in [2.45, 2.75) is 51.7 Å². The molecule has 0 amide bonds. The number of rotatable bonds is 3. The van der Waals surface area contributed by atoms with Gasteiger partial charge in [0.25, 0.3) is 0 Å². The zero-order valence-electron chi connectivity index (χ0n) is 12.7. The normalized spacial score (nSPS) is 26.6. The van der Waals surface area contributed by atoms with Gasteiger partial charge in [-0.15, -0.1) is 0 Å². The molecule has 20 heavy (non-hydrogen) atoms. The molecular formula is C17H24O3. The summed E-state index contributed by atoms with van der Waals surface area (Å²) < 4.78 is 6.08. The summed E-state index contributed by atoms with van der Waals surface area (Å²) >= 11 is 0. The van der Waals surface area contributed by atoms with Crippen molar-refractivity contribution in [2.24, 2.45) is 5.92 Å². The summed E-state index contributed by atoms with van der Waals surface area (Å²) in [6.45, 7) is 7.84. The molecular weight excluding hydrogens is 252 g/mol. The van der Waals surface area contributed by atoms with Crippen LogP contribution in [0.15, 0.2) is 30.4 Å². The van der Waals surface area contributed by atoms with Gasteiger partial charge in [-0.05, 0) is 58.2 Å². The van der Waals surface area contributed by atoms with E-state index < -0.39 is 5.60 Å². The maximum atomic E-state index is 9.96. The molecule has 1 aliphatic carbocycles. The van der Waals surface area contributed by atoms with Gasteiger partial charge >= 0.3 is 0 Å². The lowest BCUT2D eigenvalue weighted by Crippen LogP contribution is -2.40. The Bertz CT molecular complexity index is 495. The number of benzene rings is 1. The topological polar surface area (TPSA) is 49.7 Å². The molecule has 2 rings (SSSR count). The number of ether oxygens (including phenoxy) is 1. The van der Waals surface area contributed by atoms with Crippen LogP contribution in [0.5, 0.6) is 11.5 Å². The molecule has 2 N–H and O–H groups in total. The van der Waals surface area contributed by atoms with E-state index >= 15 is 0 Å². The second kappa shape index (κ2) is 5.13. The van der Waals surface area contributed by atoms with Crippen molar-refractivity contribution < 1.29 is 14.9 Å². The van der Waals surface area contributed by atoms with Crippen molar-refractivity contribution in [3.05, 3.63) is 35.9 Å². The van der Waals surface area contributed by atoms with Crippen molar-refractivity contribution in [1.29, 1.82) is 0 Å². The van der Waals surface area contributed by atoms with Crippen LogP contribution in [0.4, 0.5) is 0 Å². The molecule has 1 aromatic rings. The minimum atomic E-state index is -0.700. The highest BCUT2D eigenvalue weighted by Crippen LogP contribution is 2.35. The fourth-order valence-corrected chi connectivity index (χ4v) is 2.70. The van der Waals surface area contributed by atoms with E-state index in [0.717, 1.165) is 18.4 Å². The van der Waals surface area contributed by atoms with Gasteiger partial charge in [-0.3, -0.25) is 0 Å². The Balaban J connectivity index is 2.15. The highest BCUT2D eigenvalue weighted by molar-refractivity contribution is 5.37. The van der Waals surface area contributed by atoms with Crippen LogP contribution in [0, 0.1) is 12.8 Å². The predicted octanol–water partition coefficient (Wildman–Crippen LogP) is 3.58. The number of phenolic OH excluding ortho intramolecular Hbond substituents is 1. The van der Waals surface area contributed by atoms with Gasteiger partial charge in [0, 0.05) is 12.0 Å². The molecule has 2 atom stereocenters. The fraction of sp³-hybridized carbons (Fsp3) is 0.529. The quantitative estimate of drug-likeness (QED) is 0.830. The number of aromatic hydroxyl groups is 1. The number of hydrogen-bond donors (Lipinski definition) is 2. The molecule has 0 fully saturated rings. The van der Waals surface area contributed by atoms with Crippen LogP contribution in [0.3, 0.4) is 0 Å². The van der Waals surface area contributed by atoms with E-state index in [2.05, 4.69) is 0 Å². The van der Waals surface area contributed by atoms with Crippen LogP contribution in [-0.4, -0.2) is 21.4 Å². The molecule has 1 unspecified atom stereocenters. The summed E-state index contributed by atoms with van der Waals surface area (Å²) in [6, 6.07) is 5.26. The molecule has 0 spiro atoms. The van der Waals surface area contributed by atoms with Crippen LogP contribution < -0.4 is 4.74 Å². The molecule has 3 nitrogen and oxygen atoms in total. The van der Waals surface area contributed by atoms with Crippen molar-refractivity contribution in [3.8, 4) is 11.5 Å². The highest BCUT2D eigenvalue weighted by atomic mass is 16.5. The van der Waals surface area contributed by atoms with Crippen LogP contribution in [-0.2, 0) is 0 Å². The second-order valence-electron chi connectivity index (χ2n) is 6.57. The first-order valence-electron chi connectivity index (χ1n) is 7.09. The standard InChI is InChI=1S/C17H24O3/c1-12-9-14(18)11-15(10-12)20-16(2,3)13-5-7-17(4,19)8-6-13/h5,7,9-11,13,18-19H,6,8H2,1-4H3/t13?,17-/m0/s1. The van der Waals surface area contributed by atoms with Gasteiger partial charge in [0.15, 0.2) is 0 Å². The molecule has 0 aliphatic heterocycles. The van der Waals surface area contributed by atoms with Gasteiger partial charge in [-0.2, -0.15) is 0 Å². The Morgan fingerprint density at radius 3 is 2.55 bits per heavy atom. The predicted molar refractivity (Wildman–Crippen MR) is 80.0 cm³/mol. The molecule has 0 radical (unpaired) electrons. The van der Waals surface area contributed by atoms with Crippen molar-refractivity contribution >= 4 is 0 Å². The van der Waals surface area contributed by atoms with Gasteiger partial charge in [0.2, 0.25) is 0 Å². The van der Waals surface area contributed by atoms with E-state index in [1.54, 1.807) is 12.1 Å². The lowest BCUT2D eigenvalue weighted by Gasteiger charge is -2.37. The van der Waals surface area contributed by atoms with E-state index in [0.29, 0.717) is 5.75 Å². The summed E-state index contributed by atoms with van der Waals surface area (Å²) in [7, 11) is 0. The molecule has 3 heteroatoms. The number of aryl methyl sites for hydroxylation is 1. The lowest BCUT2D eigenvalue weighted by molar-refractivity contribution is 0.0300. The first kappa shape index (κ1) is 14.9. The fourth-order valence-electron chi connectivity index (χ4n) is 2.70. The van der Waals surface area contributed by atoms with Gasteiger partial charge in [0.1, 0.15) is 17.1 Å². The lowest BCUT2D eigenvalue weighted by atomic mass is 9.78. The third kappa shape index (κ3) is 3.54. The van der Waals surface area contributed by atoms with E-state index in [1.807, 2.05) is 45.9 Å². The zero-order valence-corrected chi connectivity index (χ0v) is 12.7. The Kier molecular flexibility index (Phi) is 3.83. The van der Waals surface area contributed by atoms with E-state index in [4.69, 9.17) is 4.74 Å². The van der Waals surface area contributed by atoms with Crippen LogP contribution in [0.25, 0.3) is 0 Å². The van der Waals surface area contributed by atoms with Crippen LogP contribution in [0.1, 0.15) is 39.2 Å². The maximum absolute atomic E-state index is 9.96. The second-order valence-corrected chi connectivity index (χ2v) is 6.57. The van der Waals surface area contributed by atoms with Gasteiger partial charge < -0.3 is 14.9 Å². The summed E-state index contributed by atoms with van der Waals surface area (Å²) in [5.74, 6) is 1.14. The van der Waals surface area contributed by atoms with Crippen molar-refractivity contribution in [2.75, 3.05) is 0 Å². The minimum absolute atomic E-state index is 0.220. The zero-order chi connectivity index (χ0) is 15.0. The summed E-state index contributed by atoms with van der Waals surface area (Å²) in [6.07, 6.45) is 5.52. The molecule has 0 saturated heterocycles. The number of aliphatic hydroxyl groups is 1. The number of phenols is 1. The Labute approximate surface area is 120 Å². The van der Waals surface area contributed by atoms with Crippen LogP contribution in [0.2, 0.25) is 0 Å². The third-order valence-corrected chi connectivity index (χ3v) is 3.96.